The highest BCUT2D eigenvalue weighted by molar-refractivity contribution is 7.87. The first-order valence-corrected chi connectivity index (χ1v) is 8.37. The lowest BCUT2D eigenvalue weighted by Crippen LogP contribution is -2.48. The van der Waals surface area contributed by atoms with Crippen molar-refractivity contribution in [3.05, 3.63) is 0 Å². The van der Waals surface area contributed by atoms with Gasteiger partial charge in [0, 0.05) is 25.2 Å². The molecule has 0 aromatic rings. The summed E-state index contributed by atoms with van der Waals surface area (Å²) in [6.07, 6.45) is 3.89. The maximum absolute atomic E-state index is 12.1. The Kier molecular flexibility index (Phi) is 6.55. The minimum Gasteiger partial charge on any atom is -0.314 e. The fourth-order valence-corrected chi connectivity index (χ4v) is 3.71. The molecule has 1 aliphatic rings. The van der Waals surface area contributed by atoms with Crippen LogP contribution < -0.4 is 10.0 Å². The lowest BCUT2D eigenvalue weighted by atomic mass is 10.1. The predicted molar refractivity (Wildman–Crippen MR) is 74.7 cm³/mol. The standard InChI is InChI=1S/C12H27N3O2S/c1-11(2)13-8-6-9-14-18(16,17)15-10-5-4-7-12(15)3/h11-14H,4-10H2,1-3H3. The van der Waals surface area contributed by atoms with Crippen molar-refractivity contribution in [1.82, 2.24) is 14.3 Å². The maximum atomic E-state index is 12.1. The molecule has 1 atom stereocenters. The molecular weight excluding hydrogens is 250 g/mol. The molecule has 0 aromatic carbocycles. The van der Waals surface area contributed by atoms with Crippen molar-refractivity contribution in [1.29, 1.82) is 0 Å². The molecular formula is C12H27N3O2S. The van der Waals surface area contributed by atoms with Gasteiger partial charge in [0.05, 0.1) is 0 Å². The second-order valence-electron chi connectivity index (χ2n) is 5.32. The van der Waals surface area contributed by atoms with Crippen LogP contribution in [0, 0.1) is 0 Å². The van der Waals surface area contributed by atoms with Gasteiger partial charge in [0.25, 0.3) is 10.2 Å². The second-order valence-corrected chi connectivity index (χ2v) is 7.03. The fourth-order valence-electron chi connectivity index (χ4n) is 2.19. The minimum atomic E-state index is -3.28. The van der Waals surface area contributed by atoms with Crippen LogP contribution in [0.3, 0.4) is 0 Å². The van der Waals surface area contributed by atoms with Gasteiger partial charge < -0.3 is 5.32 Å². The quantitative estimate of drug-likeness (QED) is 0.685. The van der Waals surface area contributed by atoms with Crippen LogP contribution in [0.4, 0.5) is 0 Å². The van der Waals surface area contributed by atoms with Gasteiger partial charge in [-0.2, -0.15) is 12.7 Å². The summed E-state index contributed by atoms with van der Waals surface area (Å²) in [6.45, 7) is 8.15. The third-order valence-electron chi connectivity index (χ3n) is 3.24. The van der Waals surface area contributed by atoms with Crippen LogP contribution in [-0.2, 0) is 10.2 Å². The van der Waals surface area contributed by atoms with Gasteiger partial charge in [-0.05, 0) is 32.7 Å². The van der Waals surface area contributed by atoms with Crippen LogP contribution in [-0.4, -0.2) is 44.4 Å². The Bertz CT molecular complexity index is 330. The summed E-state index contributed by atoms with van der Waals surface area (Å²) >= 11 is 0. The molecule has 0 saturated carbocycles. The molecule has 0 radical (unpaired) electrons. The number of nitrogens with zero attached hydrogens (tertiary/aromatic N) is 1. The van der Waals surface area contributed by atoms with Gasteiger partial charge in [-0.15, -0.1) is 0 Å². The zero-order valence-corrected chi connectivity index (χ0v) is 12.6. The lowest BCUT2D eigenvalue weighted by molar-refractivity contribution is 0.265. The van der Waals surface area contributed by atoms with Gasteiger partial charge in [-0.3, -0.25) is 0 Å². The molecule has 108 valence electrons. The fraction of sp³-hybridized carbons (Fsp3) is 1.00. The highest BCUT2D eigenvalue weighted by Gasteiger charge is 2.28. The predicted octanol–water partition coefficient (Wildman–Crippen LogP) is 1.08. The molecule has 0 amide bonds. The molecule has 6 heteroatoms. The zero-order valence-electron chi connectivity index (χ0n) is 11.8. The monoisotopic (exact) mass is 277 g/mol. The Morgan fingerprint density at radius 3 is 2.61 bits per heavy atom. The average Bonchev–Trinajstić information content (AvgIpc) is 2.28. The van der Waals surface area contributed by atoms with E-state index in [2.05, 4.69) is 23.9 Å². The summed E-state index contributed by atoms with van der Waals surface area (Å²) in [4.78, 5) is 0. The first-order valence-electron chi connectivity index (χ1n) is 6.93. The summed E-state index contributed by atoms with van der Waals surface area (Å²) in [6, 6.07) is 0.578. The van der Waals surface area contributed by atoms with E-state index in [1.165, 1.54) is 0 Å². The van der Waals surface area contributed by atoms with E-state index in [-0.39, 0.29) is 6.04 Å². The van der Waals surface area contributed by atoms with E-state index in [4.69, 9.17) is 0 Å². The van der Waals surface area contributed by atoms with Gasteiger partial charge in [0.15, 0.2) is 0 Å². The lowest BCUT2D eigenvalue weighted by Gasteiger charge is -2.32. The molecule has 1 rings (SSSR count). The summed E-state index contributed by atoms with van der Waals surface area (Å²) in [5.41, 5.74) is 0. The van der Waals surface area contributed by atoms with Crippen molar-refractivity contribution in [2.75, 3.05) is 19.6 Å². The van der Waals surface area contributed by atoms with Crippen LogP contribution in [0.25, 0.3) is 0 Å². The Labute approximate surface area is 112 Å². The van der Waals surface area contributed by atoms with Crippen molar-refractivity contribution in [2.45, 2.75) is 58.5 Å². The van der Waals surface area contributed by atoms with Gasteiger partial charge in [-0.25, -0.2) is 4.72 Å². The average molecular weight is 277 g/mol. The van der Waals surface area contributed by atoms with E-state index >= 15 is 0 Å². The third-order valence-corrected chi connectivity index (χ3v) is 4.97. The molecule has 1 fully saturated rings. The molecule has 0 aromatic heterocycles. The first-order chi connectivity index (χ1) is 8.43. The largest absolute Gasteiger partial charge is 0.314 e. The van der Waals surface area contributed by atoms with Gasteiger partial charge >= 0.3 is 0 Å². The molecule has 1 saturated heterocycles. The minimum absolute atomic E-state index is 0.130. The van der Waals surface area contributed by atoms with Gasteiger partial charge in [0.1, 0.15) is 0 Å². The van der Waals surface area contributed by atoms with Crippen LogP contribution >= 0.6 is 0 Å². The summed E-state index contributed by atoms with van der Waals surface area (Å²) < 4.78 is 28.5. The Balaban J connectivity index is 2.30. The molecule has 0 spiro atoms. The molecule has 1 aliphatic heterocycles. The number of rotatable bonds is 7. The van der Waals surface area contributed by atoms with Crippen molar-refractivity contribution < 1.29 is 8.42 Å². The number of nitrogens with one attached hydrogen (secondary N) is 2. The van der Waals surface area contributed by atoms with Crippen LogP contribution in [0.1, 0.15) is 46.5 Å². The van der Waals surface area contributed by atoms with Crippen LogP contribution in [0.5, 0.6) is 0 Å². The van der Waals surface area contributed by atoms with Crippen molar-refractivity contribution in [3.63, 3.8) is 0 Å². The van der Waals surface area contributed by atoms with Crippen molar-refractivity contribution >= 4 is 10.2 Å². The number of piperidine rings is 1. The van der Waals surface area contributed by atoms with E-state index in [0.29, 0.717) is 19.1 Å². The second kappa shape index (κ2) is 7.43. The Hall–Kier alpha value is -0.170. The molecule has 0 bridgehead atoms. The highest BCUT2D eigenvalue weighted by atomic mass is 32.2. The third kappa shape index (κ3) is 5.22. The van der Waals surface area contributed by atoms with Gasteiger partial charge in [0.2, 0.25) is 0 Å². The van der Waals surface area contributed by atoms with E-state index in [1.807, 2.05) is 6.92 Å². The van der Waals surface area contributed by atoms with Gasteiger partial charge in [-0.1, -0.05) is 20.3 Å². The SMILES string of the molecule is CC(C)NCCCNS(=O)(=O)N1CCCCC1C. The van der Waals surface area contributed by atoms with E-state index in [1.54, 1.807) is 4.31 Å². The van der Waals surface area contributed by atoms with Crippen molar-refractivity contribution in [3.8, 4) is 0 Å². The van der Waals surface area contributed by atoms with E-state index in [0.717, 1.165) is 32.2 Å². The normalized spacial score (nSPS) is 22.6. The molecule has 1 heterocycles. The maximum Gasteiger partial charge on any atom is 0.279 e. The van der Waals surface area contributed by atoms with E-state index < -0.39 is 10.2 Å². The van der Waals surface area contributed by atoms with Crippen LogP contribution in [0.2, 0.25) is 0 Å². The Morgan fingerprint density at radius 2 is 2.00 bits per heavy atom. The smallest absolute Gasteiger partial charge is 0.279 e. The molecule has 18 heavy (non-hydrogen) atoms. The number of hydrogen-bond donors (Lipinski definition) is 2. The molecule has 5 nitrogen and oxygen atoms in total. The summed E-state index contributed by atoms with van der Waals surface area (Å²) in [7, 11) is -3.28. The highest BCUT2D eigenvalue weighted by Crippen LogP contribution is 2.18. The topological polar surface area (TPSA) is 61.4 Å². The molecule has 2 N–H and O–H groups in total. The zero-order chi connectivity index (χ0) is 13.6. The van der Waals surface area contributed by atoms with E-state index in [9.17, 15) is 8.42 Å². The number of hydrogen-bond acceptors (Lipinski definition) is 3. The first kappa shape index (κ1) is 15.9. The Morgan fingerprint density at radius 1 is 1.28 bits per heavy atom. The molecule has 1 unspecified atom stereocenters. The summed E-state index contributed by atoms with van der Waals surface area (Å²) in [5.74, 6) is 0. The van der Waals surface area contributed by atoms with Crippen molar-refractivity contribution in [2.24, 2.45) is 0 Å². The molecule has 0 aliphatic carbocycles. The van der Waals surface area contributed by atoms with Crippen LogP contribution in [0.15, 0.2) is 0 Å². The summed E-state index contributed by atoms with van der Waals surface area (Å²) in [5, 5.41) is 3.27.